The SMILES string of the molecule is C=O.CN(C)C.[H+]. The molecule has 38 valence electrons. The Morgan fingerprint density at radius 1 is 1.33 bits per heavy atom. The molecule has 0 aromatic carbocycles. The van der Waals surface area contributed by atoms with E-state index >= 15 is 0 Å². The minimum atomic E-state index is 0. The molecule has 0 aliphatic carbocycles. The van der Waals surface area contributed by atoms with E-state index in [1.165, 1.54) is 0 Å². The first-order chi connectivity index (χ1) is 2.73. The Hall–Kier alpha value is -0.370. The third-order valence-corrected chi connectivity index (χ3v) is 0. The Bertz CT molecular complexity index is 22.9. The number of carbonyl (C=O) groups excluding carboxylic acids is 1. The molecule has 0 atom stereocenters. The van der Waals surface area contributed by atoms with Gasteiger partial charge in [-0.3, -0.25) is 0 Å². The maximum Gasteiger partial charge on any atom is 1.00 e. The Balaban J connectivity index is -0.0000000480. The number of hydrogen-bond donors (Lipinski definition) is 0. The van der Waals surface area contributed by atoms with E-state index in [0.717, 1.165) is 0 Å². The molecule has 0 aromatic heterocycles. The molecule has 0 aromatic rings. The molecular weight excluding hydrogens is 78.0 g/mol. The molecule has 2 nitrogen and oxygen atoms in total. The average molecular weight is 90.1 g/mol. The fourth-order valence-electron chi connectivity index (χ4n) is 0. The van der Waals surface area contributed by atoms with Crippen LogP contribution in [0.4, 0.5) is 0 Å². The largest absolute Gasteiger partial charge is 1.00 e. The summed E-state index contributed by atoms with van der Waals surface area (Å²) in [7, 11) is 6.00. The molecule has 0 saturated heterocycles. The highest BCUT2D eigenvalue weighted by atomic mass is 16.1. The minimum Gasteiger partial charge on any atom is -0.312 e. The molecule has 0 rings (SSSR count). The van der Waals surface area contributed by atoms with Gasteiger partial charge in [-0.1, -0.05) is 0 Å². The van der Waals surface area contributed by atoms with Gasteiger partial charge in [0.25, 0.3) is 0 Å². The van der Waals surface area contributed by atoms with Crippen LogP contribution < -0.4 is 0 Å². The smallest absolute Gasteiger partial charge is 0.312 e. The van der Waals surface area contributed by atoms with Crippen LogP contribution in [0, 0.1) is 0 Å². The normalized spacial score (nSPS) is 6.67. The molecule has 0 spiro atoms. The summed E-state index contributed by atoms with van der Waals surface area (Å²) in [5, 5.41) is 0. The third-order valence-electron chi connectivity index (χ3n) is 0. The Morgan fingerprint density at radius 3 is 1.33 bits per heavy atom. The van der Waals surface area contributed by atoms with Gasteiger partial charge in [0, 0.05) is 0 Å². The van der Waals surface area contributed by atoms with Crippen molar-refractivity contribution in [2.24, 2.45) is 0 Å². The minimum absolute atomic E-state index is 0. The van der Waals surface area contributed by atoms with Crippen LogP contribution >= 0.6 is 0 Å². The second-order valence-electron chi connectivity index (χ2n) is 1.34. The van der Waals surface area contributed by atoms with Crippen molar-refractivity contribution in [3.63, 3.8) is 0 Å². The molecular formula is C4H12NO+. The molecule has 2 heteroatoms. The molecule has 0 fully saturated rings. The van der Waals surface area contributed by atoms with Crippen LogP contribution in [0.3, 0.4) is 0 Å². The predicted octanol–water partition coefficient (Wildman–Crippen LogP) is 0.105. The predicted molar refractivity (Wildman–Crippen MR) is 27.8 cm³/mol. The van der Waals surface area contributed by atoms with Crippen molar-refractivity contribution in [3.05, 3.63) is 0 Å². The van der Waals surface area contributed by atoms with Gasteiger partial charge in [-0.15, -0.1) is 0 Å². The summed E-state index contributed by atoms with van der Waals surface area (Å²) in [6.07, 6.45) is 0. The van der Waals surface area contributed by atoms with E-state index in [2.05, 4.69) is 0 Å². The number of nitrogens with zero attached hydrogens (tertiary/aromatic N) is 1. The summed E-state index contributed by atoms with van der Waals surface area (Å²) in [5.41, 5.74) is 0. The topological polar surface area (TPSA) is 20.3 Å². The summed E-state index contributed by atoms with van der Waals surface area (Å²) in [5.74, 6) is 0. The van der Waals surface area contributed by atoms with E-state index < -0.39 is 0 Å². The van der Waals surface area contributed by atoms with Gasteiger partial charge in [0.1, 0.15) is 6.79 Å². The summed E-state index contributed by atoms with van der Waals surface area (Å²) < 4.78 is 0. The van der Waals surface area contributed by atoms with Gasteiger partial charge in [0.15, 0.2) is 0 Å². The Kier molecular flexibility index (Phi) is 13.5. The first-order valence-corrected chi connectivity index (χ1v) is 1.63. The van der Waals surface area contributed by atoms with Crippen LogP contribution in [0.1, 0.15) is 1.43 Å². The number of carbonyl (C=O) groups is 1. The van der Waals surface area contributed by atoms with E-state index in [-0.39, 0.29) is 1.43 Å². The number of rotatable bonds is 0. The van der Waals surface area contributed by atoms with Crippen molar-refractivity contribution < 1.29 is 6.22 Å². The average Bonchev–Trinajstić information content (AvgIpc) is 1.41. The van der Waals surface area contributed by atoms with Crippen molar-refractivity contribution in [3.8, 4) is 0 Å². The van der Waals surface area contributed by atoms with Gasteiger partial charge in [-0.25, -0.2) is 0 Å². The number of hydrogen-bond acceptors (Lipinski definition) is 2. The van der Waals surface area contributed by atoms with Crippen molar-refractivity contribution in [2.45, 2.75) is 0 Å². The van der Waals surface area contributed by atoms with E-state index in [1.54, 1.807) is 0 Å². The Morgan fingerprint density at radius 2 is 1.33 bits per heavy atom. The van der Waals surface area contributed by atoms with Gasteiger partial charge in [0.05, 0.1) is 0 Å². The van der Waals surface area contributed by atoms with Gasteiger partial charge >= 0.3 is 1.43 Å². The monoisotopic (exact) mass is 90.1 g/mol. The van der Waals surface area contributed by atoms with Crippen LogP contribution in [0.5, 0.6) is 0 Å². The Labute approximate surface area is 40.2 Å². The molecule has 0 bridgehead atoms. The fraction of sp³-hybridized carbons (Fsp3) is 0.750. The summed E-state index contributed by atoms with van der Waals surface area (Å²) in [6.45, 7) is 2.00. The molecule has 0 aliphatic heterocycles. The highest BCUT2D eigenvalue weighted by molar-refractivity contribution is 5.10. The molecule has 0 saturated carbocycles. The lowest BCUT2D eigenvalue weighted by atomic mass is 11.0. The maximum atomic E-state index is 8.00. The lowest BCUT2D eigenvalue weighted by Gasteiger charge is -1.90. The first kappa shape index (κ1) is 9.16. The van der Waals surface area contributed by atoms with Gasteiger partial charge in [-0.05, 0) is 21.1 Å². The maximum absolute atomic E-state index is 8.00. The van der Waals surface area contributed by atoms with Crippen molar-refractivity contribution >= 4 is 6.79 Å². The van der Waals surface area contributed by atoms with Crippen LogP contribution in [0.2, 0.25) is 0 Å². The third kappa shape index (κ3) is 183. The molecule has 0 radical (unpaired) electrons. The first-order valence-electron chi connectivity index (χ1n) is 1.63. The molecule has 0 N–H and O–H groups in total. The van der Waals surface area contributed by atoms with Crippen LogP contribution in [0.15, 0.2) is 0 Å². The molecule has 0 heterocycles. The molecule has 6 heavy (non-hydrogen) atoms. The standard InChI is InChI=1S/C3H9N.CH2O/c1-4(2)3;1-2/h1-3H3;1H2/p+1. The summed E-state index contributed by atoms with van der Waals surface area (Å²) >= 11 is 0. The zero-order valence-electron chi connectivity index (χ0n) is 5.56. The molecule has 0 amide bonds. The van der Waals surface area contributed by atoms with Gasteiger partial charge < -0.3 is 9.69 Å². The molecule has 0 unspecified atom stereocenters. The highest BCUT2D eigenvalue weighted by Gasteiger charge is 1.58. The van der Waals surface area contributed by atoms with Gasteiger partial charge in [0.2, 0.25) is 0 Å². The van der Waals surface area contributed by atoms with Crippen molar-refractivity contribution in [1.82, 2.24) is 4.90 Å². The summed E-state index contributed by atoms with van der Waals surface area (Å²) in [4.78, 5) is 10.0. The van der Waals surface area contributed by atoms with E-state index in [1.807, 2.05) is 32.8 Å². The molecule has 0 aliphatic rings. The van der Waals surface area contributed by atoms with E-state index in [4.69, 9.17) is 4.79 Å². The fourth-order valence-corrected chi connectivity index (χ4v) is 0. The second-order valence-corrected chi connectivity index (χ2v) is 1.34. The van der Waals surface area contributed by atoms with Crippen LogP contribution in [-0.2, 0) is 4.79 Å². The lowest BCUT2D eigenvalue weighted by Crippen LogP contribution is -1.99. The van der Waals surface area contributed by atoms with E-state index in [0.29, 0.717) is 0 Å². The second kappa shape index (κ2) is 8.82. The van der Waals surface area contributed by atoms with Crippen molar-refractivity contribution in [2.75, 3.05) is 21.1 Å². The lowest BCUT2D eigenvalue weighted by molar-refractivity contribution is -0.0979. The quantitative estimate of drug-likeness (QED) is 0.420. The zero-order valence-corrected chi connectivity index (χ0v) is 4.56. The van der Waals surface area contributed by atoms with Crippen molar-refractivity contribution in [1.29, 1.82) is 0 Å². The van der Waals surface area contributed by atoms with E-state index in [9.17, 15) is 0 Å². The van der Waals surface area contributed by atoms with Crippen LogP contribution in [0.25, 0.3) is 0 Å². The van der Waals surface area contributed by atoms with Crippen LogP contribution in [-0.4, -0.2) is 32.8 Å². The highest BCUT2D eigenvalue weighted by Crippen LogP contribution is 1.47. The van der Waals surface area contributed by atoms with Gasteiger partial charge in [-0.2, -0.15) is 0 Å². The zero-order chi connectivity index (χ0) is 5.58. The summed E-state index contributed by atoms with van der Waals surface area (Å²) in [6, 6.07) is 0.